The van der Waals surface area contributed by atoms with E-state index in [1.807, 2.05) is 0 Å². The van der Waals surface area contributed by atoms with Crippen LogP contribution in [0.4, 0.5) is 0 Å². The van der Waals surface area contributed by atoms with Gasteiger partial charge < -0.3 is 5.32 Å². The van der Waals surface area contributed by atoms with Crippen LogP contribution in [0.3, 0.4) is 0 Å². The van der Waals surface area contributed by atoms with Crippen LogP contribution in [-0.4, -0.2) is 13.1 Å². The molecule has 1 saturated heterocycles. The van der Waals surface area contributed by atoms with Crippen LogP contribution in [0.5, 0.6) is 0 Å². The number of hydrogen-bond donors (Lipinski definition) is 1. The standard InChI is InChI=1S/C10H19N/c1-2-8-7-10(8)9-3-5-11-6-4-9/h8-11H,2-7H2,1H3/t8-,10+/m1/s1. The third kappa shape index (κ3) is 1.58. The third-order valence-corrected chi connectivity index (χ3v) is 3.49. The van der Waals surface area contributed by atoms with E-state index in [2.05, 4.69) is 12.2 Å². The Morgan fingerprint density at radius 3 is 2.55 bits per heavy atom. The monoisotopic (exact) mass is 153 g/mol. The van der Waals surface area contributed by atoms with Gasteiger partial charge in [0.05, 0.1) is 0 Å². The lowest BCUT2D eigenvalue weighted by Crippen LogP contribution is -2.28. The molecular weight excluding hydrogens is 134 g/mol. The summed E-state index contributed by atoms with van der Waals surface area (Å²) in [5, 5.41) is 3.43. The topological polar surface area (TPSA) is 12.0 Å². The zero-order valence-corrected chi connectivity index (χ0v) is 7.47. The Hall–Kier alpha value is -0.0400. The van der Waals surface area contributed by atoms with E-state index >= 15 is 0 Å². The lowest BCUT2D eigenvalue weighted by atomic mass is 9.91. The van der Waals surface area contributed by atoms with Crippen molar-refractivity contribution in [2.75, 3.05) is 13.1 Å². The highest BCUT2D eigenvalue weighted by atomic mass is 14.9. The maximum absolute atomic E-state index is 3.43. The van der Waals surface area contributed by atoms with Gasteiger partial charge in [-0.25, -0.2) is 0 Å². The van der Waals surface area contributed by atoms with Gasteiger partial charge in [-0.2, -0.15) is 0 Å². The van der Waals surface area contributed by atoms with Gasteiger partial charge >= 0.3 is 0 Å². The van der Waals surface area contributed by atoms with E-state index in [-0.39, 0.29) is 0 Å². The zero-order valence-electron chi connectivity index (χ0n) is 7.47. The minimum atomic E-state index is 1.08. The van der Waals surface area contributed by atoms with Gasteiger partial charge in [0, 0.05) is 0 Å². The predicted octanol–water partition coefficient (Wildman–Crippen LogP) is 2.03. The van der Waals surface area contributed by atoms with Crippen LogP contribution in [-0.2, 0) is 0 Å². The molecule has 0 amide bonds. The van der Waals surface area contributed by atoms with Crippen molar-refractivity contribution in [3.8, 4) is 0 Å². The predicted molar refractivity (Wildman–Crippen MR) is 47.5 cm³/mol. The highest BCUT2D eigenvalue weighted by Gasteiger charge is 2.41. The van der Waals surface area contributed by atoms with E-state index in [1.165, 1.54) is 32.4 Å². The van der Waals surface area contributed by atoms with Crippen molar-refractivity contribution < 1.29 is 0 Å². The first-order valence-corrected chi connectivity index (χ1v) is 5.12. The van der Waals surface area contributed by atoms with E-state index in [1.54, 1.807) is 6.42 Å². The Kier molecular flexibility index (Phi) is 2.17. The zero-order chi connectivity index (χ0) is 7.68. The number of piperidine rings is 1. The van der Waals surface area contributed by atoms with Crippen molar-refractivity contribution in [3.63, 3.8) is 0 Å². The molecule has 1 aliphatic carbocycles. The van der Waals surface area contributed by atoms with Gasteiger partial charge in [0.1, 0.15) is 0 Å². The highest BCUT2D eigenvalue weighted by Crippen LogP contribution is 2.48. The van der Waals surface area contributed by atoms with Gasteiger partial charge in [-0.05, 0) is 50.1 Å². The molecule has 1 N–H and O–H groups in total. The minimum absolute atomic E-state index is 1.08. The molecule has 0 radical (unpaired) electrons. The first-order valence-electron chi connectivity index (χ1n) is 5.12. The molecule has 1 aliphatic heterocycles. The molecule has 1 heterocycles. The summed E-state index contributed by atoms with van der Waals surface area (Å²) in [6, 6.07) is 0. The van der Waals surface area contributed by atoms with Gasteiger partial charge in [-0.1, -0.05) is 13.3 Å². The average Bonchev–Trinajstić information content (AvgIpc) is 2.85. The fourth-order valence-electron chi connectivity index (χ4n) is 2.59. The lowest BCUT2D eigenvalue weighted by Gasteiger charge is -2.22. The van der Waals surface area contributed by atoms with Crippen LogP contribution in [0.25, 0.3) is 0 Å². The molecule has 0 aromatic carbocycles. The molecule has 0 bridgehead atoms. The Bertz CT molecular complexity index is 127. The second kappa shape index (κ2) is 3.14. The summed E-state index contributed by atoms with van der Waals surface area (Å²) >= 11 is 0. The minimum Gasteiger partial charge on any atom is -0.317 e. The van der Waals surface area contributed by atoms with Crippen molar-refractivity contribution >= 4 is 0 Å². The molecule has 1 heteroatoms. The van der Waals surface area contributed by atoms with E-state index in [4.69, 9.17) is 0 Å². The molecule has 2 fully saturated rings. The fraction of sp³-hybridized carbons (Fsp3) is 1.00. The van der Waals surface area contributed by atoms with E-state index in [0.717, 1.165) is 17.8 Å². The molecular formula is C10H19N. The Labute approximate surface area is 69.6 Å². The van der Waals surface area contributed by atoms with Gasteiger partial charge in [-0.15, -0.1) is 0 Å². The first kappa shape index (κ1) is 7.60. The quantitative estimate of drug-likeness (QED) is 0.640. The first-order chi connectivity index (χ1) is 5.42. The summed E-state index contributed by atoms with van der Waals surface area (Å²) in [6.45, 7) is 4.89. The molecule has 0 spiro atoms. The van der Waals surface area contributed by atoms with E-state index < -0.39 is 0 Å². The lowest BCUT2D eigenvalue weighted by molar-refractivity contribution is 0.322. The van der Waals surface area contributed by atoms with Crippen molar-refractivity contribution in [1.29, 1.82) is 0 Å². The molecule has 64 valence electrons. The van der Waals surface area contributed by atoms with Crippen LogP contribution >= 0.6 is 0 Å². The van der Waals surface area contributed by atoms with Crippen molar-refractivity contribution in [2.24, 2.45) is 17.8 Å². The van der Waals surface area contributed by atoms with Crippen LogP contribution in [0, 0.1) is 17.8 Å². The van der Waals surface area contributed by atoms with Crippen LogP contribution in [0.1, 0.15) is 32.6 Å². The Morgan fingerprint density at radius 1 is 1.27 bits per heavy atom. The normalized spacial score (nSPS) is 39.0. The van der Waals surface area contributed by atoms with Crippen molar-refractivity contribution in [2.45, 2.75) is 32.6 Å². The smallest absolute Gasteiger partial charge is 0.00462 e. The Balaban J connectivity index is 1.77. The molecule has 0 aromatic heterocycles. The van der Waals surface area contributed by atoms with Gasteiger partial charge in [0.25, 0.3) is 0 Å². The molecule has 1 saturated carbocycles. The number of nitrogens with one attached hydrogen (secondary N) is 1. The van der Waals surface area contributed by atoms with Crippen LogP contribution in [0.15, 0.2) is 0 Å². The summed E-state index contributed by atoms with van der Waals surface area (Å²) in [7, 11) is 0. The number of rotatable bonds is 2. The molecule has 2 atom stereocenters. The second-order valence-electron chi connectivity index (χ2n) is 4.16. The second-order valence-corrected chi connectivity index (χ2v) is 4.16. The maximum Gasteiger partial charge on any atom is -0.00462 e. The largest absolute Gasteiger partial charge is 0.317 e. The summed E-state index contributed by atoms with van der Waals surface area (Å²) in [4.78, 5) is 0. The van der Waals surface area contributed by atoms with Gasteiger partial charge in [-0.3, -0.25) is 0 Å². The van der Waals surface area contributed by atoms with Crippen LogP contribution in [0.2, 0.25) is 0 Å². The molecule has 2 rings (SSSR count). The average molecular weight is 153 g/mol. The highest BCUT2D eigenvalue weighted by molar-refractivity contribution is 4.91. The van der Waals surface area contributed by atoms with E-state index in [9.17, 15) is 0 Å². The maximum atomic E-state index is 3.43. The van der Waals surface area contributed by atoms with Crippen LogP contribution < -0.4 is 5.32 Å². The fourth-order valence-corrected chi connectivity index (χ4v) is 2.59. The van der Waals surface area contributed by atoms with E-state index in [0.29, 0.717) is 0 Å². The van der Waals surface area contributed by atoms with Gasteiger partial charge in [0.2, 0.25) is 0 Å². The van der Waals surface area contributed by atoms with Crippen molar-refractivity contribution in [3.05, 3.63) is 0 Å². The van der Waals surface area contributed by atoms with Crippen molar-refractivity contribution in [1.82, 2.24) is 5.32 Å². The SMILES string of the molecule is CC[C@@H]1C[C@@H]1C1CCNCC1. The summed E-state index contributed by atoms with van der Waals surface area (Å²) in [6.07, 6.45) is 5.86. The molecule has 0 aromatic rings. The third-order valence-electron chi connectivity index (χ3n) is 3.49. The van der Waals surface area contributed by atoms with Gasteiger partial charge in [0.15, 0.2) is 0 Å². The Morgan fingerprint density at radius 2 is 2.00 bits per heavy atom. The molecule has 11 heavy (non-hydrogen) atoms. The number of hydrogen-bond acceptors (Lipinski definition) is 1. The molecule has 2 aliphatic rings. The molecule has 1 nitrogen and oxygen atoms in total. The summed E-state index contributed by atoms with van der Waals surface area (Å²) in [5.41, 5.74) is 0. The summed E-state index contributed by atoms with van der Waals surface area (Å²) < 4.78 is 0. The summed E-state index contributed by atoms with van der Waals surface area (Å²) in [5.74, 6) is 3.32. The molecule has 0 unspecified atom stereocenters.